The summed E-state index contributed by atoms with van der Waals surface area (Å²) in [6.07, 6.45) is 1.59. The average Bonchev–Trinajstić information content (AvgIpc) is 2.74. The smallest absolute Gasteiger partial charge is 0.150 e. The van der Waals surface area contributed by atoms with Gasteiger partial charge in [-0.3, -0.25) is 0 Å². The van der Waals surface area contributed by atoms with E-state index in [1.54, 1.807) is 6.07 Å². The zero-order valence-corrected chi connectivity index (χ0v) is 13.8. The molecule has 1 aliphatic heterocycles. The van der Waals surface area contributed by atoms with Crippen molar-refractivity contribution in [1.82, 2.24) is 5.32 Å². The van der Waals surface area contributed by atoms with Crippen LogP contribution in [0.1, 0.15) is 31.4 Å². The second-order valence-corrected chi connectivity index (χ2v) is 8.35. The molecular weight excluding hydrogens is 345 g/mol. The summed E-state index contributed by atoms with van der Waals surface area (Å²) in [6.45, 7) is 2.84. The first-order valence-electron chi connectivity index (χ1n) is 6.81. The van der Waals surface area contributed by atoms with Crippen LogP contribution in [0.25, 0.3) is 0 Å². The average molecular weight is 364 g/mol. The third-order valence-electron chi connectivity index (χ3n) is 3.66. The molecule has 1 aliphatic rings. The van der Waals surface area contributed by atoms with Crippen LogP contribution in [-0.4, -0.2) is 26.5 Å². The zero-order chi connectivity index (χ0) is 14.8. The zero-order valence-electron chi connectivity index (χ0n) is 11.4. The van der Waals surface area contributed by atoms with Crippen molar-refractivity contribution in [2.75, 3.05) is 18.1 Å². The van der Waals surface area contributed by atoms with Crippen LogP contribution in [0.3, 0.4) is 0 Å². The molecule has 1 N–H and O–H groups in total. The fraction of sp³-hybridized carbons (Fsp3) is 0.571. The Balaban J connectivity index is 2.25. The summed E-state index contributed by atoms with van der Waals surface area (Å²) in [5, 5.41) is 3.37. The van der Waals surface area contributed by atoms with Gasteiger partial charge in [-0.15, -0.1) is 0 Å². The molecule has 20 heavy (non-hydrogen) atoms. The van der Waals surface area contributed by atoms with Gasteiger partial charge in [0.25, 0.3) is 0 Å². The molecule has 0 aliphatic carbocycles. The van der Waals surface area contributed by atoms with Gasteiger partial charge in [0.05, 0.1) is 16.0 Å². The molecule has 1 fully saturated rings. The number of halogens is 2. The fourth-order valence-electron chi connectivity index (χ4n) is 2.65. The number of hydrogen-bond acceptors (Lipinski definition) is 3. The maximum absolute atomic E-state index is 13.7. The maximum Gasteiger partial charge on any atom is 0.150 e. The first-order chi connectivity index (χ1) is 9.43. The van der Waals surface area contributed by atoms with E-state index < -0.39 is 9.84 Å². The Kier molecular flexibility index (Phi) is 5.20. The Labute approximate surface area is 128 Å². The lowest BCUT2D eigenvalue weighted by molar-refractivity contribution is 0.391. The Bertz CT molecular complexity index is 577. The number of nitrogens with one attached hydrogen (secondary N) is 1. The maximum atomic E-state index is 13.7. The van der Waals surface area contributed by atoms with Crippen molar-refractivity contribution >= 4 is 25.8 Å². The highest BCUT2D eigenvalue weighted by Crippen LogP contribution is 2.32. The summed E-state index contributed by atoms with van der Waals surface area (Å²) >= 11 is 3.14. The number of sulfone groups is 1. The van der Waals surface area contributed by atoms with Crippen LogP contribution < -0.4 is 5.32 Å². The molecule has 0 spiro atoms. The molecule has 1 aromatic rings. The van der Waals surface area contributed by atoms with Gasteiger partial charge in [0.2, 0.25) is 0 Å². The summed E-state index contributed by atoms with van der Waals surface area (Å²) in [4.78, 5) is 0. The first-order valence-corrected chi connectivity index (χ1v) is 9.43. The summed E-state index contributed by atoms with van der Waals surface area (Å²) in [6, 6.07) is 4.91. The Hall–Kier alpha value is -0.460. The van der Waals surface area contributed by atoms with E-state index >= 15 is 0 Å². The van der Waals surface area contributed by atoms with Crippen molar-refractivity contribution in [2.45, 2.75) is 25.8 Å². The lowest BCUT2D eigenvalue weighted by atomic mass is 9.92. The molecule has 6 heteroatoms. The van der Waals surface area contributed by atoms with Gasteiger partial charge in [0.15, 0.2) is 9.84 Å². The van der Waals surface area contributed by atoms with E-state index in [4.69, 9.17) is 0 Å². The van der Waals surface area contributed by atoms with Crippen LogP contribution in [0, 0.1) is 11.7 Å². The highest BCUT2D eigenvalue weighted by molar-refractivity contribution is 9.10. The minimum Gasteiger partial charge on any atom is -0.310 e. The molecule has 2 atom stereocenters. The molecule has 1 aromatic carbocycles. The third-order valence-corrected chi connectivity index (χ3v) is 6.09. The SMILES string of the molecule is CCCNC(c1ccc(Br)c(F)c1)C1CCS(=O)(=O)C1. The predicted molar refractivity (Wildman–Crippen MR) is 81.9 cm³/mol. The lowest BCUT2D eigenvalue weighted by Crippen LogP contribution is -2.30. The van der Waals surface area contributed by atoms with E-state index in [2.05, 4.69) is 28.2 Å². The van der Waals surface area contributed by atoms with Gasteiger partial charge in [-0.25, -0.2) is 12.8 Å². The molecule has 1 heterocycles. The van der Waals surface area contributed by atoms with Gasteiger partial charge < -0.3 is 5.32 Å². The number of rotatable bonds is 5. The Morgan fingerprint density at radius 1 is 1.50 bits per heavy atom. The Morgan fingerprint density at radius 2 is 2.25 bits per heavy atom. The second-order valence-electron chi connectivity index (χ2n) is 5.27. The highest BCUT2D eigenvalue weighted by Gasteiger charge is 2.34. The van der Waals surface area contributed by atoms with Crippen LogP contribution in [0.5, 0.6) is 0 Å². The largest absolute Gasteiger partial charge is 0.310 e. The van der Waals surface area contributed by atoms with E-state index in [1.807, 2.05) is 6.07 Å². The topological polar surface area (TPSA) is 46.2 Å². The molecule has 112 valence electrons. The second kappa shape index (κ2) is 6.54. The monoisotopic (exact) mass is 363 g/mol. The Morgan fingerprint density at radius 3 is 2.80 bits per heavy atom. The minimum atomic E-state index is -2.93. The minimum absolute atomic E-state index is 0.0205. The standard InChI is InChI=1S/C14H19BrFNO2S/c1-2-6-17-14(11-5-7-20(18,19)9-11)10-3-4-12(15)13(16)8-10/h3-4,8,11,14,17H,2,5-7,9H2,1H3. The molecule has 0 bridgehead atoms. The van der Waals surface area contributed by atoms with Gasteiger partial charge in [-0.1, -0.05) is 13.0 Å². The molecule has 0 saturated carbocycles. The van der Waals surface area contributed by atoms with E-state index in [9.17, 15) is 12.8 Å². The van der Waals surface area contributed by atoms with Crippen LogP contribution in [0.4, 0.5) is 4.39 Å². The summed E-state index contributed by atoms with van der Waals surface area (Å²) < 4.78 is 37.5. The normalized spacial score (nSPS) is 22.9. The summed E-state index contributed by atoms with van der Waals surface area (Å²) in [5.74, 6) is 0.131. The molecule has 2 unspecified atom stereocenters. The fourth-order valence-corrected chi connectivity index (χ4v) is 4.74. The molecule has 1 saturated heterocycles. The van der Waals surface area contributed by atoms with Crippen LogP contribution in [0.15, 0.2) is 22.7 Å². The van der Waals surface area contributed by atoms with E-state index in [1.165, 1.54) is 6.07 Å². The van der Waals surface area contributed by atoms with Crippen molar-refractivity contribution in [3.05, 3.63) is 34.1 Å². The van der Waals surface area contributed by atoms with Crippen molar-refractivity contribution in [1.29, 1.82) is 0 Å². The number of benzene rings is 1. The molecule has 3 nitrogen and oxygen atoms in total. The summed E-state index contributed by atoms with van der Waals surface area (Å²) in [7, 11) is -2.93. The summed E-state index contributed by atoms with van der Waals surface area (Å²) in [5.41, 5.74) is 0.821. The van der Waals surface area contributed by atoms with E-state index in [0.29, 0.717) is 10.9 Å². The van der Waals surface area contributed by atoms with Gasteiger partial charge in [0, 0.05) is 6.04 Å². The van der Waals surface area contributed by atoms with Gasteiger partial charge in [0.1, 0.15) is 5.82 Å². The predicted octanol–water partition coefficient (Wildman–Crippen LogP) is 3.06. The van der Waals surface area contributed by atoms with Crippen LogP contribution >= 0.6 is 15.9 Å². The first kappa shape index (κ1) is 15.9. The molecular formula is C14H19BrFNO2S. The molecule has 0 aromatic heterocycles. The van der Waals surface area contributed by atoms with Crippen molar-refractivity contribution in [3.63, 3.8) is 0 Å². The van der Waals surface area contributed by atoms with Gasteiger partial charge in [-0.05, 0) is 58.9 Å². The highest BCUT2D eigenvalue weighted by atomic mass is 79.9. The third kappa shape index (κ3) is 3.80. The van der Waals surface area contributed by atoms with Crippen molar-refractivity contribution in [2.24, 2.45) is 5.92 Å². The van der Waals surface area contributed by atoms with Crippen LogP contribution in [0.2, 0.25) is 0 Å². The molecule has 0 amide bonds. The van der Waals surface area contributed by atoms with Gasteiger partial charge in [-0.2, -0.15) is 0 Å². The van der Waals surface area contributed by atoms with Crippen molar-refractivity contribution < 1.29 is 12.8 Å². The lowest BCUT2D eigenvalue weighted by Gasteiger charge is -2.24. The van der Waals surface area contributed by atoms with Crippen LogP contribution in [-0.2, 0) is 9.84 Å². The quantitative estimate of drug-likeness (QED) is 0.874. The number of hydrogen-bond donors (Lipinski definition) is 1. The van der Waals surface area contributed by atoms with Crippen molar-refractivity contribution in [3.8, 4) is 0 Å². The van der Waals surface area contributed by atoms with Gasteiger partial charge >= 0.3 is 0 Å². The van der Waals surface area contributed by atoms with E-state index in [-0.39, 0.29) is 29.3 Å². The molecule has 0 radical (unpaired) electrons. The molecule has 2 rings (SSSR count). The van der Waals surface area contributed by atoms with E-state index in [0.717, 1.165) is 18.5 Å².